The fourth-order valence-corrected chi connectivity index (χ4v) is 2.99. The summed E-state index contributed by atoms with van der Waals surface area (Å²) in [6.45, 7) is 0. The first-order valence-electron chi connectivity index (χ1n) is 6.90. The number of carboxylic acid groups (broad SMARTS) is 1. The van der Waals surface area contributed by atoms with Gasteiger partial charge in [-0.2, -0.15) is 13.2 Å². The zero-order valence-corrected chi connectivity index (χ0v) is 11.3. The number of hydrogen-bond acceptors (Lipinski definition) is 1. The molecule has 0 amide bonds. The molecular weight excluding hydrogens is 288 g/mol. The number of hydrogen-bond donors (Lipinski definition) is 1. The van der Waals surface area contributed by atoms with Crippen LogP contribution in [0.1, 0.15) is 49.1 Å². The van der Waals surface area contributed by atoms with Gasteiger partial charge in [-0.1, -0.05) is 25.3 Å². The van der Waals surface area contributed by atoms with Crippen molar-refractivity contribution in [3.8, 4) is 0 Å². The Morgan fingerprint density at radius 1 is 1.14 bits per heavy atom. The van der Waals surface area contributed by atoms with Gasteiger partial charge in [0.05, 0.1) is 11.5 Å². The number of carboxylic acids is 1. The molecule has 1 aliphatic rings. The smallest absolute Gasteiger partial charge is 0.419 e. The Balaban J connectivity index is 2.41. The van der Waals surface area contributed by atoms with Crippen LogP contribution in [-0.2, 0) is 11.0 Å². The topological polar surface area (TPSA) is 37.3 Å². The summed E-state index contributed by atoms with van der Waals surface area (Å²) in [4.78, 5) is 11.3. The molecule has 1 saturated carbocycles. The fraction of sp³-hybridized carbons (Fsp3) is 0.533. The molecule has 0 heterocycles. The Labute approximate surface area is 119 Å². The second-order valence-corrected chi connectivity index (χ2v) is 5.43. The highest BCUT2D eigenvalue weighted by Gasteiger charge is 2.36. The lowest BCUT2D eigenvalue weighted by atomic mass is 9.82. The van der Waals surface area contributed by atoms with E-state index in [1.165, 1.54) is 6.07 Å². The van der Waals surface area contributed by atoms with Crippen LogP contribution in [0.2, 0.25) is 0 Å². The van der Waals surface area contributed by atoms with Gasteiger partial charge in [-0.25, -0.2) is 4.39 Å². The SMILES string of the molecule is O=C(O)C1CCCCCC1c1ccc(F)c(C(F)(F)F)c1. The zero-order chi connectivity index (χ0) is 15.6. The molecule has 6 heteroatoms. The van der Waals surface area contributed by atoms with Crippen LogP contribution in [0.15, 0.2) is 18.2 Å². The number of carbonyl (C=O) groups is 1. The Hall–Kier alpha value is -1.59. The molecule has 1 fully saturated rings. The molecule has 2 nitrogen and oxygen atoms in total. The fourth-order valence-electron chi connectivity index (χ4n) is 2.99. The normalized spacial score (nSPS) is 23.6. The summed E-state index contributed by atoms with van der Waals surface area (Å²) in [5.74, 6) is -3.53. The molecule has 0 saturated heterocycles. The average Bonchev–Trinajstić information content (AvgIpc) is 2.63. The summed E-state index contributed by atoms with van der Waals surface area (Å²) < 4.78 is 51.7. The van der Waals surface area contributed by atoms with Crippen LogP contribution in [0.5, 0.6) is 0 Å². The minimum absolute atomic E-state index is 0.262. The number of aliphatic carboxylic acids is 1. The second-order valence-electron chi connectivity index (χ2n) is 5.43. The number of benzene rings is 1. The molecule has 0 aromatic heterocycles. The standard InChI is InChI=1S/C15H16F4O2/c16-13-7-6-9(8-12(13)15(17,18)19)10-4-2-1-3-5-11(10)14(20)21/h6-8,10-11H,1-5H2,(H,20,21). The Morgan fingerprint density at radius 2 is 1.81 bits per heavy atom. The largest absolute Gasteiger partial charge is 0.481 e. The summed E-state index contributed by atoms with van der Waals surface area (Å²) in [7, 11) is 0. The lowest BCUT2D eigenvalue weighted by Gasteiger charge is -2.23. The van der Waals surface area contributed by atoms with Gasteiger partial charge < -0.3 is 5.11 Å². The summed E-state index contributed by atoms with van der Waals surface area (Å²) in [6.07, 6.45) is -1.43. The van der Waals surface area contributed by atoms with Crippen molar-refractivity contribution < 1.29 is 27.5 Å². The van der Waals surface area contributed by atoms with E-state index in [4.69, 9.17) is 0 Å². The van der Waals surface area contributed by atoms with Crippen LogP contribution >= 0.6 is 0 Å². The van der Waals surface area contributed by atoms with Crippen molar-refractivity contribution in [3.05, 3.63) is 35.1 Å². The molecular formula is C15H16F4O2. The number of alkyl halides is 3. The maximum atomic E-state index is 13.3. The molecule has 0 spiro atoms. The predicted octanol–water partition coefficient (Wildman–Crippen LogP) is 4.59. The molecule has 2 unspecified atom stereocenters. The van der Waals surface area contributed by atoms with E-state index in [9.17, 15) is 27.5 Å². The van der Waals surface area contributed by atoms with Crippen molar-refractivity contribution in [3.63, 3.8) is 0 Å². The van der Waals surface area contributed by atoms with Gasteiger partial charge >= 0.3 is 12.1 Å². The highest BCUT2D eigenvalue weighted by atomic mass is 19.4. The molecule has 0 aliphatic heterocycles. The van der Waals surface area contributed by atoms with Gasteiger partial charge in [0, 0.05) is 0 Å². The van der Waals surface area contributed by atoms with E-state index in [-0.39, 0.29) is 5.56 Å². The van der Waals surface area contributed by atoms with Gasteiger partial charge in [0.2, 0.25) is 0 Å². The van der Waals surface area contributed by atoms with Crippen LogP contribution in [-0.4, -0.2) is 11.1 Å². The van der Waals surface area contributed by atoms with Crippen molar-refractivity contribution in [1.29, 1.82) is 0 Å². The monoisotopic (exact) mass is 304 g/mol. The number of rotatable bonds is 2. The van der Waals surface area contributed by atoms with Crippen molar-refractivity contribution in [2.45, 2.75) is 44.2 Å². The van der Waals surface area contributed by atoms with Gasteiger partial charge in [-0.15, -0.1) is 0 Å². The van der Waals surface area contributed by atoms with E-state index in [0.29, 0.717) is 12.8 Å². The summed E-state index contributed by atoms with van der Waals surface area (Å²) in [5.41, 5.74) is -1.06. The first-order valence-corrected chi connectivity index (χ1v) is 6.90. The van der Waals surface area contributed by atoms with Crippen molar-refractivity contribution in [1.82, 2.24) is 0 Å². The average molecular weight is 304 g/mol. The molecule has 1 aliphatic carbocycles. The van der Waals surface area contributed by atoms with Gasteiger partial charge in [-0.05, 0) is 36.5 Å². The molecule has 1 N–H and O–H groups in total. The van der Waals surface area contributed by atoms with Crippen LogP contribution in [0.3, 0.4) is 0 Å². The third-order valence-corrected chi connectivity index (χ3v) is 4.06. The van der Waals surface area contributed by atoms with Crippen molar-refractivity contribution in [2.24, 2.45) is 5.92 Å². The van der Waals surface area contributed by atoms with E-state index >= 15 is 0 Å². The predicted molar refractivity (Wildman–Crippen MR) is 68.4 cm³/mol. The number of halogens is 4. The molecule has 0 radical (unpaired) electrons. The minimum atomic E-state index is -4.77. The van der Waals surface area contributed by atoms with Crippen LogP contribution in [0, 0.1) is 11.7 Å². The third-order valence-electron chi connectivity index (χ3n) is 4.06. The van der Waals surface area contributed by atoms with Crippen LogP contribution in [0.4, 0.5) is 17.6 Å². The van der Waals surface area contributed by atoms with E-state index in [2.05, 4.69) is 0 Å². The molecule has 2 rings (SSSR count). The van der Waals surface area contributed by atoms with E-state index < -0.39 is 35.4 Å². The molecule has 1 aromatic carbocycles. The highest BCUT2D eigenvalue weighted by molar-refractivity contribution is 5.71. The van der Waals surface area contributed by atoms with Gasteiger partial charge in [0.25, 0.3) is 0 Å². The highest BCUT2D eigenvalue weighted by Crippen LogP contribution is 2.39. The van der Waals surface area contributed by atoms with Gasteiger partial charge in [0.15, 0.2) is 0 Å². The maximum absolute atomic E-state index is 13.3. The second kappa shape index (κ2) is 6.03. The molecule has 116 valence electrons. The summed E-state index contributed by atoms with van der Waals surface area (Å²) in [5, 5.41) is 9.28. The minimum Gasteiger partial charge on any atom is -0.481 e. The molecule has 1 aromatic rings. The first kappa shape index (κ1) is 15.8. The first-order chi connectivity index (χ1) is 9.80. The Bertz CT molecular complexity index is 525. The molecule has 0 bridgehead atoms. The lowest BCUT2D eigenvalue weighted by Crippen LogP contribution is -2.22. The summed E-state index contributed by atoms with van der Waals surface area (Å²) in [6, 6.07) is 2.82. The molecule has 2 atom stereocenters. The van der Waals surface area contributed by atoms with E-state index in [1.807, 2.05) is 0 Å². The van der Waals surface area contributed by atoms with E-state index in [1.54, 1.807) is 0 Å². The van der Waals surface area contributed by atoms with Gasteiger partial charge in [-0.3, -0.25) is 4.79 Å². The molecule has 21 heavy (non-hydrogen) atoms. The van der Waals surface area contributed by atoms with Crippen LogP contribution in [0.25, 0.3) is 0 Å². The van der Waals surface area contributed by atoms with Crippen LogP contribution < -0.4 is 0 Å². The quantitative estimate of drug-likeness (QED) is 0.641. The Kier molecular flexibility index (Phi) is 4.54. The van der Waals surface area contributed by atoms with Gasteiger partial charge in [0.1, 0.15) is 5.82 Å². The zero-order valence-electron chi connectivity index (χ0n) is 11.3. The Morgan fingerprint density at radius 3 is 2.43 bits per heavy atom. The third kappa shape index (κ3) is 3.54. The van der Waals surface area contributed by atoms with Crippen molar-refractivity contribution in [2.75, 3.05) is 0 Å². The lowest BCUT2D eigenvalue weighted by molar-refractivity contribution is -0.142. The summed E-state index contributed by atoms with van der Waals surface area (Å²) >= 11 is 0. The van der Waals surface area contributed by atoms with E-state index in [0.717, 1.165) is 31.4 Å². The van der Waals surface area contributed by atoms with Crippen molar-refractivity contribution >= 4 is 5.97 Å². The maximum Gasteiger partial charge on any atom is 0.419 e.